The maximum atomic E-state index is 12.2. The largest absolute Gasteiger partial charge is 0.461 e. The summed E-state index contributed by atoms with van der Waals surface area (Å²) in [5.74, 6) is -0.619. The van der Waals surface area contributed by atoms with Crippen LogP contribution in [0.1, 0.15) is 24.4 Å². The van der Waals surface area contributed by atoms with E-state index in [1.807, 2.05) is 6.20 Å². The molecule has 0 bridgehead atoms. The first kappa shape index (κ1) is 14.3. The zero-order valence-electron chi connectivity index (χ0n) is 11.8. The van der Waals surface area contributed by atoms with Gasteiger partial charge in [0.1, 0.15) is 6.61 Å². The Bertz CT molecular complexity index is 523. The average molecular weight is 277 g/mol. The molecule has 0 saturated carbocycles. The number of piperidine rings is 1. The molecule has 2 rings (SSSR count). The third-order valence-corrected chi connectivity index (χ3v) is 3.57. The van der Waals surface area contributed by atoms with Crippen LogP contribution in [0.25, 0.3) is 0 Å². The van der Waals surface area contributed by atoms with Gasteiger partial charge in [0, 0.05) is 32.3 Å². The minimum absolute atomic E-state index is 0.0339. The zero-order chi connectivity index (χ0) is 14.7. The van der Waals surface area contributed by atoms with Gasteiger partial charge in [-0.2, -0.15) is 5.10 Å². The number of rotatable bonds is 4. The van der Waals surface area contributed by atoms with Gasteiger partial charge in [-0.3, -0.25) is 14.3 Å². The molecule has 1 aliphatic rings. The number of ether oxygens (including phenoxy) is 1. The van der Waals surface area contributed by atoms with Crippen LogP contribution in [0.5, 0.6) is 0 Å². The van der Waals surface area contributed by atoms with Gasteiger partial charge in [-0.15, -0.1) is 0 Å². The number of likely N-dealkylation sites (tertiary alicyclic amines) is 1. The van der Waals surface area contributed by atoms with Crippen molar-refractivity contribution in [2.24, 2.45) is 13.0 Å². The van der Waals surface area contributed by atoms with E-state index in [0.29, 0.717) is 12.8 Å². The number of esters is 1. The van der Waals surface area contributed by atoms with E-state index in [9.17, 15) is 9.59 Å². The van der Waals surface area contributed by atoms with E-state index < -0.39 is 0 Å². The normalized spacial score (nSPS) is 22.7. The van der Waals surface area contributed by atoms with Crippen LogP contribution in [0.2, 0.25) is 0 Å². The summed E-state index contributed by atoms with van der Waals surface area (Å²) in [6.07, 6.45) is 5.91. The molecule has 6 nitrogen and oxygen atoms in total. The van der Waals surface area contributed by atoms with E-state index in [-0.39, 0.29) is 30.4 Å². The van der Waals surface area contributed by atoms with Crippen LogP contribution < -0.4 is 0 Å². The Morgan fingerprint density at radius 3 is 2.95 bits per heavy atom. The highest BCUT2D eigenvalue weighted by Gasteiger charge is 2.40. The zero-order valence-corrected chi connectivity index (χ0v) is 11.8. The summed E-state index contributed by atoms with van der Waals surface area (Å²) in [7, 11) is 3.52. The molecule has 20 heavy (non-hydrogen) atoms. The SMILES string of the molecule is C=CCOC(=O)C1CCC(=O)N(C)C1c1cnn(C)c1. The Labute approximate surface area is 118 Å². The van der Waals surface area contributed by atoms with E-state index in [1.165, 1.54) is 6.08 Å². The molecule has 1 fully saturated rings. The minimum atomic E-state index is -0.359. The second-order valence-corrected chi connectivity index (χ2v) is 4.96. The predicted octanol–water partition coefficient (Wildman–Crippen LogP) is 1.06. The first-order valence-electron chi connectivity index (χ1n) is 6.56. The lowest BCUT2D eigenvalue weighted by Crippen LogP contribution is -2.43. The molecule has 0 N–H and O–H groups in total. The number of aryl methyl sites for hydroxylation is 1. The van der Waals surface area contributed by atoms with E-state index in [1.54, 1.807) is 29.9 Å². The highest BCUT2D eigenvalue weighted by Crippen LogP contribution is 2.36. The van der Waals surface area contributed by atoms with Crippen molar-refractivity contribution in [3.05, 3.63) is 30.6 Å². The Morgan fingerprint density at radius 1 is 1.60 bits per heavy atom. The number of hydrogen-bond donors (Lipinski definition) is 0. The molecule has 1 amide bonds. The van der Waals surface area contributed by atoms with E-state index in [4.69, 9.17) is 4.74 Å². The quantitative estimate of drug-likeness (QED) is 0.610. The van der Waals surface area contributed by atoms with E-state index in [2.05, 4.69) is 11.7 Å². The maximum absolute atomic E-state index is 12.2. The molecular formula is C14H19N3O3. The number of hydrogen-bond acceptors (Lipinski definition) is 4. The number of nitrogens with zero attached hydrogens (tertiary/aromatic N) is 3. The third kappa shape index (κ3) is 2.74. The van der Waals surface area contributed by atoms with E-state index in [0.717, 1.165) is 5.56 Å². The molecule has 1 aromatic rings. The van der Waals surface area contributed by atoms with Gasteiger partial charge in [0.15, 0.2) is 0 Å². The number of amides is 1. The van der Waals surface area contributed by atoms with Crippen molar-refractivity contribution in [3.63, 3.8) is 0 Å². The summed E-state index contributed by atoms with van der Waals surface area (Å²) in [5.41, 5.74) is 0.851. The minimum Gasteiger partial charge on any atom is -0.461 e. The summed E-state index contributed by atoms with van der Waals surface area (Å²) in [6, 6.07) is -0.317. The van der Waals surface area contributed by atoms with Crippen molar-refractivity contribution in [1.29, 1.82) is 0 Å². The van der Waals surface area contributed by atoms with Crippen molar-refractivity contribution in [2.75, 3.05) is 13.7 Å². The van der Waals surface area contributed by atoms with E-state index >= 15 is 0 Å². The molecule has 1 aliphatic heterocycles. The lowest BCUT2D eigenvalue weighted by atomic mass is 9.86. The number of carbonyl (C=O) groups is 2. The molecule has 6 heteroatoms. The second kappa shape index (κ2) is 5.90. The van der Waals surface area contributed by atoms with Crippen molar-refractivity contribution >= 4 is 11.9 Å². The topological polar surface area (TPSA) is 64.4 Å². The van der Waals surface area contributed by atoms with Gasteiger partial charge in [0.05, 0.1) is 18.2 Å². The number of carbonyl (C=O) groups excluding carboxylic acids is 2. The van der Waals surface area contributed by atoms with Crippen LogP contribution in [0.4, 0.5) is 0 Å². The summed E-state index contributed by atoms with van der Waals surface area (Å²) < 4.78 is 6.81. The maximum Gasteiger partial charge on any atom is 0.311 e. The lowest BCUT2D eigenvalue weighted by Gasteiger charge is -2.37. The molecule has 0 radical (unpaired) electrons. The fraction of sp³-hybridized carbons (Fsp3) is 0.500. The summed E-state index contributed by atoms with van der Waals surface area (Å²) >= 11 is 0. The summed E-state index contributed by atoms with van der Waals surface area (Å²) in [4.78, 5) is 25.7. The smallest absolute Gasteiger partial charge is 0.311 e. The summed E-state index contributed by atoms with van der Waals surface area (Å²) in [5, 5.41) is 4.12. The number of aromatic nitrogens is 2. The van der Waals surface area contributed by atoms with Gasteiger partial charge in [0.25, 0.3) is 0 Å². The summed E-state index contributed by atoms with van der Waals surface area (Å²) in [6.45, 7) is 3.72. The van der Waals surface area contributed by atoms with Crippen molar-refractivity contribution in [3.8, 4) is 0 Å². The van der Waals surface area contributed by atoms with Gasteiger partial charge in [0.2, 0.25) is 5.91 Å². The van der Waals surface area contributed by atoms with Crippen LogP contribution >= 0.6 is 0 Å². The molecule has 0 spiro atoms. The van der Waals surface area contributed by atoms with Crippen LogP contribution in [-0.4, -0.2) is 40.2 Å². The van der Waals surface area contributed by atoms with Gasteiger partial charge in [-0.25, -0.2) is 0 Å². The molecule has 2 heterocycles. The van der Waals surface area contributed by atoms with Crippen LogP contribution in [0.3, 0.4) is 0 Å². The van der Waals surface area contributed by atoms with Gasteiger partial charge < -0.3 is 9.64 Å². The molecule has 1 saturated heterocycles. The highest BCUT2D eigenvalue weighted by atomic mass is 16.5. The molecule has 2 atom stereocenters. The van der Waals surface area contributed by atoms with Crippen LogP contribution in [0.15, 0.2) is 25.0 Å². The van der Waals surface area contributed by atoms with Crippen LogP contribution in [0, 0.1) is 5.92 Å². The first-order chi connectivity index (χ1) is 9.54. The van der Waals surface area contributed by atoms with Crippen LogP contribution in [-0.2, 0) is 21.4 Å². The monoisotopic (exact) mass is 277 g/mol. The molecule has 0 aromatic carbocycles. The second-order valence-electron chi connectivity index (χ2n) is 4.96. The van der Waals surface area contributed by atoms with Gasteiger partial charge in [-0.1, -0.05) is 12.7 Å². The Balaban J connectivity index is 2.26. The fourth-order valence-corrected chi connectivity index (χ4v) is 2.58. The van der Waals surface area contributed by atoms with Crippen molar-refractivity contribution in [2.45, 2.75) is 18.9 Å². The first-order valence-corrected chi connectivity index (χ1v) is 6.56. The third-order valence-electron chi connectivity index (χ3n) is 3.57. The molecule has 0 aliphatic carbocycles. The van der Waals surface area contributed by atoms with Gasteiger partial charge in [-0.05, 0) is 6.42 Å². The van der Waals surface area contributed by atoms with Crippen molar-refractivity contribution in [1.82, 2.24) is 14.7 Å². The predicted molar refractivity (Wildman–Crippen MR) is 72.6 cm³/mol. The molecule has 1 aromatic heterocycles. The standard InChI is InChI=1S/C14H19N3O3/c1-4-7-20-14(19)11-5-6-12(18)17(3)13(11)10-8-15-16(2)9-10/h4,8-9,11,13H,1,5-7H2,2-3H3. The Kier molecular flexibility index (Phi) is 4.22. The van der Waals surface area contributed by atoms with Gasteiger partial charge >= 0.3 is 5.97 Å². The fourth-order valence-electron chi connectivity index (χ4n) is 2.58. The molecule has 108 valence electrons. The van der Waals surface area contributed by atoms with Crippen molar-refractivity contribution < 1.29 is 14.3 Å². The Hall–Kier alpha value is -2.11. The Morgan fingerprint density at radius 2 is 2.35 bits per heavy atom. The highest BCUT2D eigenvalue weighted by molar-refractivity contribution is 5.82. The molecule has 2 unspecified atom stereocenters. The molecular weight excluding hydrogens is 258 g/mol. The average Bonchev–Trinajstić information content (AvgIpc) is 2.85. The lowest BCUT2D eigenvalue weighted by molar-refractivity contribution is -0.155.